The summed E-state index contributed by atoms with van der Waals surface area (Å²) in [6.07, 6.45) is -0.170. The van der Waals surface area contributed by atoms with Crippen molar-refractivity contribution in [1.82, 2.24) is 21.1 Å². The van der Waals surface area contributed by atoms with Gasteiger partial charge in [-0.25, -0.2) is 4.39 Å². The summed E-state index contributed by atoms with van der Waals surface area (Å²) in [5.41, 5.74) is 0.545. The van der Waals surface area contributed by atoms with Crippen molar-refractivity contribution in [2.24, 2.45) is 5.92 Å². The first-order valence-electron chi connectivity index (χ1n) is 10.9. The highest BCUT2D eigenvalue weighted by Crippen LogP contribution is 2.19. The maximum absolute atomic E-state index is 13.3. The second kappa shape index (κ2) is 11.4. The van der Waals surface area contributed by atoms with Crippen molar-refractivity contribution >= 4 is 17.7 Å². The molecule has 2 aromatic rings. The fourth-order valence-corrected chi connectivity index (χ4v) is 3.78. The Morgan fingerprint density at radius 2 is 2.09 bits per heavy atom. The van der Waals surface area contributed by atoms with E-state index in [1.165, 1.54) is 30.3 Å². The van der Waals surface area contributed by atoms with Crippen LogP contribution in [0.15, 0.2) is 34.9 Å². The zero-order valence-electron chi connectivity index (χ0n) is 18.6. The van der Waals surface area contributed by atoms with E-state index in [2.05, 4.69) is 21.1 Å². The molecule has 1 aliphatic heterocycles. The molecular weight excluding hydrogens is 445 g/mol. The number of aliphatic hydroxyl groups is 1. The Hall–Kier alpha value is -3.78. The summed E-state index contributed by atoms with van der Waals surface area (Å²) in [6, 6.07) is 6.37. The van der Waals surface area contributed by atoms with Crippen LogP contribution >= 0.6 is 0 Å². The summed E-state index contributed by atoms with van der Waals surface area (Å²) < 4.78 is 18.2. The molecular formula is C23H26FN5O5. The highest BCUT2D eigenvalue weighted by atomic mass is 19.1. The van der Waals surface area contributed by atoms with Crippen molar-refractivity contribution in [3.05, 3.63) is 53.2 Å². The summed E-state index contributed by atoms with van der Waals surface area (Å²) in [5.74, 6) is -2.04. The number of nitrogens with zero attached hydrogens (tertiary/aromatic N) is 2. The minimum atomic E-state index is -1.56. The second-order valence-corrected chi connectivity index (χ2v) is 8.23. The quantitative estimate of drug-likeness (QED) is 0.393. The average Bonchev–Trinajstić information content (AvgIpc) is 3.26. The number of aryl methyl sites for hydroxylation is 1. The molecule has 1 saturated heterocycles. The zero-order chi connectivity index (χ0) is 24.7. The van der Waals surface area contributed by atoms with Crippen molar-refractivity contribution in [2.75, 3.05) is 6.54 Å². The standard InChI is InChI=1S/C23H26FN5O5/c1-13-9-19(29-34-13)23(33)28-18(10-14-4-6-16(24)7-5-14)22(32)27-17(20(30)12-25)11-15-3-2-8-26-21(15)31/h4-7,9,15,17-18,20,30H,2-3,8,10-11H2,1H3,(H,26,31)(H,27,32)(H,28,33)/t15-,17-,18-,20+/m0/s1. The monoisotopic (exact) mass is 471 g/mol. The first-order valence-corrected chi connectivity index (χ1v) is 10.9. The summed E-state index contributed by atoms with van der Waals surface area (Å²) in [7, 11) is 0. The van der Waals surface area contributed by atoms with Gasteiger partial charge in [0.1, 0.15) is 17.6 Å². The molecule has 1 aromatic carbocycles. The number of nitriles is 1. The predicted octanol–water partition coefficient (Wildman–Crippen LogP) is 0.749. The number of hydrogen-bond donors (Lipinski definition) is 4. The first kappa shape index (κ1) is 24.9. The molecule has 0 aliphatic carbocycles. The number of carbonyl (C=O) groups excluding carboxylic acids is 3. The van der Waals surface area contributed by atoms with Gasteiger partial charge in [0, 0.05) is 24.9 Å². The van der Waals surface area contributed by atoms with Crippen molar-refractivity contribution < 1.29 is 28.4 Å². The van der Waals surface area contributed by atoms with E-state index in [1.54, 1.807) is 13.0 Å². The first-order chi connectivity index (χ1) is 16.3. The maximum Gasteiger partial charge on any atom is 0.274 e. The van der Waals surface area contributed by atoms with Crippen LogP contribution in [0.1, 0.15) is 41.1 Å². The Morgan fingerprint density at radius 1 is 1.35 bits per heavy atom. The van der Waals surface area contributed by atoms with Crippen molar-refractivity contribution in [3.8, 4) is 6.07 Å². The van der Waals surface area contributed by atoms with E-state index in [9.17, 15) is 29.1 Å². The molecule has 10 nitrogen and oxygen atoms in total. The van der Waals surface area contributed by atoms with Crippen LogP contribution in [0.3, 0.4) is 0 Å². The van der Waals surface area contributed by atoms with E-state index < -0.39 is 41.7 Å². The number of rotatable bonds is 9. The lowest BCUT2D eigenvalue weighted by molar-refractivity contribution is -0.129. The molecule has 2 heterocycles. The van der Waals surface area contributed by atoms with Gasteiger partial charge in [-0.1, -0.05) is 17.3 Å². The second-order valence-electron chi connectivity index (χ2n) is 8.23. The van der Waals surface area contributed by atoms with Gasteiger partial charge in [0.2, 0.25) is 11.8 Å². The number of piperidine rings is 1. The van der Waals surface area contributed by atoms with Gasteiger partial charge in [-0.3, -0.25) is 14.4 Å². The van der Waals surface area contributed by atoms with Crippen LogP contribution in [0, 0.1) is 30.0 Å². The number of amides is 3. The van der Waals surface area contributed by atoms with E-state index in [0.29, 0.717) is 24.3 Å². The van der Waals surface area contributed by atoms with E-state index in [0.717, 1.165) is 6.42 Å². The SMILES string of the molecule is Cc1cc(C(=O)N[C@@H](Cc2ccc(F)cc2)C(=O)N[C@@H](C[C@@H]2CCCNC2=O)[C@H](O)C#N)no1. The van der Waals surface area contributed by atoms with Crippen molar-refractivity contribution in [1.29, 1.82) is 5.26 Å². The molecule has 4 atom stereocenters. The van der Waals surface area contributed by atoms with Gasteiger partial charge in [-0.05, 0) is 43.9 Å². The van der Waals surface area contributed by atoms with Gasteiger partial charge >= 0.3 is 0 Å². The van der Waals surface area contributed by atoms with Crippen molar-refractivity contribution in [2.45, 2.75) is 50.8 Å². The van der Waals surface area contributed by atoms with Gasteiger partial charge in [-0.15, -0.1) is 0 Å². The van der Waals surface area contributed by atoms with Crippen LogP contribution in [-0.2, 0) is 16.0 Å². The van der Waals surface area contributed by atoms with Gasteiger partial charge in [0.05, 0.1) is 12.1 Å². The fraction of sp³-hybridized carbons (Fsp3) is 0.435. The molecule has 0 bridgehead atoms. The number of benzene rings is 1. The third-order valence-corrected chi connectivity index (χ3v) is 5.61. The van der Waals surface area contributed by atoms with Crippen molar-refractivity contribution in [3.63, 3.8) is 0 Å². The van der Waals surface area contributed by atoms with Gasteiger partial charge < -0.3 is 25.6 Å². The molecule has 0 unspecified atom stereocenters. The Balaban J connectivity index is 1.78. The molecule has 0 saturated carbocycles. The zero-order valence-corrected chi connectivity index (χ0v) is 18.6. The van der Waals surface area contributed by atoms with Crippen LogP contribution in [0.25, 0.3) is 0 Å². The van der Waals surface area contributed by atoms with Crippen LogP contribution in [0.4, 0.5) is 4.39 Å². The Morgan fingerprint density at radius 3 is 2.71 bits per heavy atom. The third-order valence-electron chi connectivity index (χ3n) is 5.61. The Bertz CT molecular complexity index is 1060. The smallest absolute Gasteiger partial charge is 0.274 e. The van der Waals surface area contributed by atoms with Crippen LogP contribution in [-0.4, -0.2) is 52.7 Å². The summed E-state index contributed by atoms with van der Waals surface area (Å²) >= 11 is 0. The largest absolute Gasteiger partial charge is 0.376 e. The molecule has 4 N–H and O–H groups in total. The van der Waals surface area contributed by atoms with E-state index in [1.807, 2.05) is 0 Å². The lowest BCUT2D eigenvalue weighted by atomic mass is 9.89. The lowest BCUT2D eigenvalue weighted by Crippen LogP contribution is -2.54. The molecule has 1 aliphatic rings. The normalized spacial score (nSPS) is 18.2. The number of hydrogen-bond acceptors (Lipinski definition) is 7. The fourth-order valence-electron chi connectivity index (χ4n) is 3.78. The highest BCUT2D eigenvalue weighted by molar-refractivity contribution is 5.96. The number of aromatic nitrogens is 1. The van der Waals surface area contributed by atoms with Crippen LogP contribution < -0.4 is 16.0 Å². The molecule has 0 spiro atoms. The molecule has 3 amide bonds. The minimum absolute atomic E-state index is 0.00791. The number of aliphatic hydroxyl groups excluding tert-OH is 1. The minimum Gasteiger partial charge on any atom is -0.376 e. The van der Waals surface area contributed by atoms with E-state index in [-0.39, 0.29) is 24.4 Å². The molecule has 34 heavy (non-hydrogen) atoms. The van der Waals surface area contributed by atoms with E-state index >= 15 is 0 Å². The Labute approximate surface area is 195 Å². The molecule has 11 heteroatoms. The number of carbonyl (C=O) groups is 3. The highest BCUT2D eigenvalue weighted by Gasteiger charge is 2.32. The number of nitrogens with one attached hydrogen (secondary N) is 3. The Kier molecular flexibility index (Phi) is 8.32. The molecule has 3 rings (SSSR count). The third kappa shape index (κ3) is 6.62. The topological polar surface area (TPSA) is 157 Å². The van der Waals surface area contributed by atoms with Crippen LogP contribution in [0.5, 0.6) is 0 Å². The lowest BCUT2D eigenvalue weighted by Gasteiger charge is -2.29. The molecule has 180 valence electrons. The predicted molar refractivity (Wildman–Crippen MR) is 116 cm³/mol. The molecule has 1 fully saturated rings. The summed E-state index contributed by atoms with van der Waals surface area (Å²) in [6.45, 7) is 2.17. The maximum atomic E-state index is 13.3. The van der Waals surface area contributed by atoms with Gasteiger partial charge in [0.25, 0.3) is 5.91 Å². The number of halogens is 1. The summed E-state index contributed by atoms with van der Waals surface area (Å²) in [5, 5.41) is 31.0. The van der Waals surface area contributed by atoms with E-state index in [4.69, 9.17) is 4.52 Å². The average molecular weight is 471 g/mol. The molecule has 1 aromatic heterocycles. The van der Waals surface area contributed by atoms with Crippen LogP contribution in [0.2, 0.25) is 0 Å². The molecule has 0 radical (unpaired) electrons. The van der Waals surface area contributed by atoms with Gasteiger partial charge in [-0.2, -0.15) is 5.26 Å². The summed E-state index contributed by atoms with van der Waals surface area (Å²) in [4.78, 5) is 37.9. The van der Waals surface area contributed by atoms with Gasteiger partial charge in [0.15, 0.2) is 11.8 Å².